The van der Waals surface area contributed by atoms with E-state index >= 15 is 0 Å². The number of carbonyl (C=O) groups excluding carboxylic acids is 1. The molecule has 0 spiro atoms. The highest BCUT2D eigenvalue weighted by atomic mass is 32.1. The first kappa shape index (κ1) is 20.9. The zero-order valence-corrected chi connectivity index (χ0v) is 18.7. The summed E-state index contributed by atoms with van der Waals surface area (Å²) in [6.45, 7) is 0. The van der Waals surface area contributed by atoms with Crippen molar-refractivity contribution in [3.8, 4) is 11.5 Å². The summed E-state index contributed by atoms with van der Waals surface area (Å²) in [7, 11) is 0. The number of para-hydroxylation sites is 2. The second-order valence-corrected chi connectivity index (χ2v) is 8.14. The van der Waals surface area contributed by atoms with Crippen molar-refractivity contribution < 1.29 is 9.53 Å². The van der Waals surface area contributed by atoms with Gasteiger partial charge in [0.25, 0.3) is 5.91 Å². The summed E-state index contributed by atoms with van der Waals surface area (Å²) in [6.07, 6.45) is 0.561. The van der Waals surface area contributed by atoms with Gasteiger partial charge in [-0.2, -0.15) is 0 Å². The number of amides is 1. The Morgan fingerprint density at radius 1 is 0.667 bits per heavy atom. The third-order valence-electron chi connectivity index (χ3n) is 5.59. The van der Waals surface area contributed by atoms with Crippen molar-refractivity contribution in [2.75, 3.05) is 9.80 Å². The third kappa shape index (κ3) is 4.36. The first-order valence-electron chi connectivity index (χ1n) is 10.8. The van der Waals surface area contributed by atoms with Crippen molar-refractivity contribution in [2.24, 2.45) is 0 Å². The highest BCUT2D eigenvalue weighted by Crippen LogP contribution is 2.33. The van der Waals surface area contributed by atoms with Gasteiger partial charge in [-0.3, -0.25) is 9.69 Å². The van der Waals surface area contributed by atoms with E-state index in [1.165, 1.54) is 0 Å². The van der Waals surface area contributed by atoms with Gasteiger partial charge in [-0.05, 0) is 66.3 Å². The van der Waals surface area contributed by atoms with Crippen molar-refractivity contribution in [2.45, 2.75) is 12.5 Å². The number of nitrogens with zero attached hydrogens (tertiary/aromatic N) is 2. The van der Waals surface area contributed by atoms with Gasteiger partial charge in [0.2, 0.25) is 0 Å². The number of benzene rings is 4. The molecule has 1 aliphatic rings. The Bertz CT molecular complexity index is 1250. The second-order valence-electron chi connectivity index (χ2n) is 7.78. The molecule has 0 aliphatic carbocycles. The molecule has 0 bridgehead atoms. The van der Waals surface area contributed by atoms with Gasteiger partial charge in [-0.25, -0.2) is 0 Å². The number of hydrogen-bond acceptors (Lipinski definition) is 3. The van der Waals surface area contributed by atoms with Crippen LogP contribution < -0.4 is 14.5 Å². The van der Waals surface area contributed by atoms with Gasteiger partial charge >= 0.3 is 0 Å². The van der Waals surface area contributed by atoms with E-state index in [1.54, 1.807) is 4.90 Å². The average molecular weight is 451 g/mol. The standard InChI is InChI=1S/C28H22N2O2S/c31-27-26(20-21-10-4-1-5-11-21)29(28(33)30(27)22-12-6-2-7-13-22)23-16-18-25(19-17-23)32-24-14-8-3-9-15-24/h1-19,26H,20H2. The molecule has 5 heteroatoms. The SMILES string of the molecule is O=C1C(Cc2ccccc2)N(c2ccc(Oc3ccccc3)cc2)C(=S)N1c1ccccc1. The summed E-state index contributed by atoms with van der Waals surface area (Å²) in [4.78, 5) is 17.2. The van der Waals surface area contributed by atoms with Crippen LogP contribution in [0.25, 0.3) is 0 Å². The van der Waals surface area contributed by atoms with E-state index in [0.717, 1.165) is 28.4 Å². The molecule has 1 fully saturated rings. The zero-order chi connectivity index (χ0) is 22.6. The Hall–Kier alpha value is -3.96. The molecule has 4 aromatic rings. The first-order chi connectivity index (χ1) is 16.2. The van der Waals surface area contributed by atoms with Gasteiger partial charge in [0.15, 0.2) is 5.11 Å². The molecule has 4 aromatic carbocycles. The molecular formula is C28H22N2O2S. The van der Waals surface area contributed by atoms with Gasteiger partial charge in [-0.15, -0.1) is 0 Å². The number of thiocarbonyl (C=S) groups is 1. The van der Waals surface area contributed by atoms with E-state index in [2.05, 4.69) is 0 Å². The molecule has 1 heterocycles. The van der Waals surface area contributed by atoms with Crippen LogP contribution in [0.4, 0.5) is 11.4 Å². The molecule has 0 saturated carbocycles. The smallest absolute Gasteiger partial charge is 0.256 e. The number of ether oxygens (including phenoxy) is 1. The third-order valence-corrected chi connectivity index (χ3v) is 5.97. The van der Waals surface area contributed by atoms with E-state index in [1.807, 2.05) is 120 Å². The molecular weight excluding hydrogens is 428 g/mol. The molecule has 1 aliphatic heterocycles. The van der Waals surface area contributed by atoms with Crippen molar-refractivity contribution in [1.29, 1.82) is 0 Å². The van der Waals surface area contributed by atoms with Crippen LogP contribution in [-0.4, -0.2) is 17.1 Å². The van der Waals surface area contributed by atoms with E-state index < -0.39 is 6.04 Å². The summed E-state index contributed by atoms with van der Waals surface area (Å²) in [5, 5.41) is 0.476. The van der Waals surface area contributed by atoms with Gasteiger partial charge in [0, 0.05) is 12.1 Å². The van der Waals surface area contributed by atoms with Crippen molar-refractivity contribution in [3.63, 3.8) is 0 Å². The number of anilines is 2. The lowest BCUT2D eigenvalue weighted by molar-refractivity contribution is -0.117. The quantitative estimate of drug-likeness (QED) is 0.326. The molecule has 1 saturated heterocycles. The fraction of sp³-hybridized carbons (Fsp3) is 0.0714. The lowest BCUT2D eigenvalue weighted by Crippen LogP contribution is -2.36. The van der Waals surface area contributed by atoms with Gasteiger partial charge in [0.1, 0.15) is 17.5 Å². The maximum Gasteiger partial charge on any atom is 0.256 e. The van der Waals surface area contributed by atoms with Crippen LogP contribution in [0.3, 0.4) is 0 Å². The molecule has 4 nitrogen and oxygen atoms in total. The van der Waals surface area contributed by atoms with E-state index in [9.17, 15) is 4.79 Å². The molecule has 0 radical (unpaired) electrons. The van der Waals surface area contributed by atoms with Gasteiger partial charge < -0.3 is 9.64 Å². The zero-order valence-electron chi connectivity index (χ0n) is 17.9. The Kier molecular flexibility index (Phi) is 5.87. The summed E-state index contributed by atoms with van der Waals surface area (Å²) in [5.74, 6) is 1.47. The highest BCUT2D eigenvalue weighted by Gasteiger charge is 2.43. The van der Waals surface area contributed by atoms with Crippen LogP contribution >= 0.6 is 12.2 Å². The minimum Gasteiger partial charge on any atom is -0.457 e. The maximum atomic E-state index is 13.6. The van der Waals surface area contributed by atoms with E-state index in [-0.39, 0.29) is 5.91 Å². The van der Waals surface area contributed by atoms with E-state index in [0.29, 0.717) is 11.5 Å². The number of rotatable bonds is 6. The van der Waals surface area contributed by atoms with Crippen LogP contribution in [0, 0.1) is 0 Å². The van der Waals surface area contributed by atoms with Crippen LogP contribution in [0.1, 0.15) is 5.56 Å². The summed E-state index contributed by atoms with van der Waals surface area (Å²) in [6, 6.07) is 36.5. The predicted octanol–water partition coefficient (Wildman–Crippen LogP) is 6.23. The van der Waals surface area contributed by atoms with Gasteiger partial charge in [0.05, 0.1) is 5.69 Å². The molecule has 0 N–H and O–H groups in total. The van der Waals surface area contributed by atoms with Crippen LogP contribution in [-0.2, 0) is 11.2 Å². The number of hydrogen-bond donors (Lipinski definition) is 0. The molecule has 1 unspecified atom stereocenters. The molecule has 33 heavy (non-hydrogen) atoms. The molecule has 1 atom stereocenters. The Morgan fingerprint density at radius 3 is 1.85 bits per heavy atom. The Morgan fingerprint density at radius 2 is 1.21 bits per heavy atom. The lowest BCUT2D eigenvalue weighted by atomic mass is 10.0. The van der Waals surface area contributed by atoms with Crippen LogP contribution in [0.2, 0.25) is 0 Å². The minimum atomic E-state index is -0.430. The lowest BCUT2D eigenvalue weighted by Gasteiger charge is -2.24. The summed E-state index contributed by atoms with van der Waals surface area (Å²) >= 11 is 5.83. The normalized spacial score (nSPS) is 15.7. The van der Waals surface area contributed by atoms with Crippen LogP contribution in [0.5, 0.6) is 11.5 Å². The monoisotopic (exact) mass is 450 g/mol. The summed E-state index contributed by atoms with van der Waals surface area (Å²) in [5.41, 5.74) is 2.72. The van der Waals surface area contributed by atoms with Gasteiger partial charge in [-0.1, -0.05) is 66.7 Å². The first-order valence-corrected chi connectivity index (χ1v) is 11.2. The largest absolute Gasteiger partial charge is 0.457 e. The van der Waals surface area contributed by atoms with Crippen molar-refractivity contribution in [1.82, 2.24) is 0 Å². The Labute approximate surface area is 198 Å². The Balaban J connectivity index is 1.47. The number of carbonyl (C=O) groups is 1. The molecule has 1 amide bonds. The van der Waals surface area contributed by atoms with Crippen LogP contribution in [0.15, 0.2) is 115 Å². The predicted molar refractivity (Wildman–Crippen MR) is 136 cm³/mol. The van der Waals surface area contributed by atoms with Crippen molar-refractivity contribution >= 4 is 34.6 Å². The average Bonchev–Trinajstić information content (AvgIpc) is 3.10. The molecule has 5 rings (SSSR count). The van der Waals surface area contributed by atoms with Crippen molar-refractivity contribution in [3.05, 3.63) is 121 Å². The fourth-order valence-electron chi connectivity index (χ4n) is 4.02. The second kappa shape index (κ2) is 9.27. The minimum absolute atomic E-state index is 0.0281. The maximum absolute atomic E-state index is 13.6. The fourth-order valence-corrected chi connectivity index (χ4v) is 4.44. The highest BCUT2D eigenvalue weighted by molar-refractivity contribution is 7.81. The molecule has 162 valence electrons. The van der Waals surface area contributed by atoms with E-state index in [4.69, 9.17) is 17.0 Å². The summed E-state index contributed by atoms with van der Waals surface area (Å²) < 4.78 is 5.93. The molecule has 0 aromatic heterocycles. The topological polar surface area (TPSA) is 32.8 Å².